The van der Waals surface area contributed by atoms with Gasteiger partial charge < -0.3 is 19.7 Å². The van der Waals surface area contributed by atoms with E-state index in [0.717, 1.165) is 17.0 Å². The molecule has 0 fully saturated rings. The van der Waals surface area contributed by atoms with Crippen LogP contribution in [0.2, 0.25) is 0 Å². The van der Waals surface area contributed by atoms with Crippen LogP contribution in [0.3, 0.4) is 0 Å². The normalized spacial score (nSPS) is 12.0. The standard InChI is InChI=1S/C15H18N2O4/c1-9-14(10(2)21-17-9)8-19-12-4-6-13(7-5-12)20-11(3)15(16)18/h4-7,11H,8H2,1-3H3,(H2,16,18). The third-order valence-corrected chi connectivity index (χ3v) is 3.10. The summed E-state index contributed by atoms with van der Waals surface area (Å²) in [6.45, 7) is 5.71. The Kier molecular flexibility index (Phi) is 4.47. The van der Waals surface area contributed by atoms with E-state index < -0.39 is 12.0 Å². The molecule has 2 aromatic rings. The summed E-state index contributed by atoms with van der Waals surface area (Å²) in [4.78, 5) is 10.9. The van der Waals surface area contributed by atoms with Gasteiger partial charge in [0.15, 0.2) is 6.10 Å². The van der Waals surface area contributed by atoms with Crippen LogP contribution in [-0.4, -0.2) is 17.2 Å². The second kappa shape index (κ2) is 6.30. The molecule has 0 saturated heterocycles. The van der Waals surface area contributed by atoms with Crippen molar-refractivity contribution in [3.05, 3.63) is 41.3 Å². The molecule has 0 aliphatic rings. The predicted molar refractivity (Wildman–Crippen MR) is 76.0 cm³/mol. The van der Waals surface area contributed by atoms with E-state index >= 15 is 0 Å². The molecule has 2 rings (SSSR count). The van der Waals surface area contributed by atoms with Gasteiger partial charge in [0, 0.05) is 0 Å². The highest BCUT2D eigenvalue weighted by atomic mass is 16.5. The summed E-state index contributed by atoms with van der Waals surface area (Å²) in [6.07, 6.45) is -0.668. The lowest BCUT2D eigenvalue weighted by molar-refractivity contribution is -0.123. The number of primary amides is 1. The molecule has 1 amide bonds. The van der Waals surface area contributed by atoms with Crippen LogP contribution in [0.15, 0.2) is 28.8 Å². The maximum Gasteiger partial charge on any atom is 0.258 e. The molecule has 0 radical (unpaired) electrons. The second-order valence-electron chi connectivity index (χ2n) is 4.73. The van der Waals surface area contributed by atoms with Gasteiger partial charge in [0.25, 0.3) is 5.91 Å². The van der Waals surface area contributed by atoms with Gasteiger partial charge in [0.05, 0.1) is 11.3 Å². The topological polar surface area (TPSA) is 87.6 Å². The van der Waals surface area contributed by atoms with E-state index in [1.54, 1.807) is 31.2 Å². The van der Waals surface area contributed by atoms with Crippen molar-refractivity contribution in [1.82, 2.24) is 5.16 Å². The van der Waals surface area contributed by atoms with Gasteiger partial charge in [-0.25, -0.2) is 0 Å². The maximum atomic E-state index is 10.9. The summed E-state index contributed by atoms with van der Waals surface area (Å²) in [5, 5.41) is 3.87. The van der Waals surface area contributed by atoms with Crippen molar-refractivity contribution in [3.63, 3.8) is 0 Å². The third-order valence-electron chi connectivity index (χ3n) is 3.10. The number of nitrogens with zero attached hydrogens (tertiary/aromatic N) is 1. The van der Waals surface area contributed by atoms with Gasteiger partial charge in [-0.05, 0) is 45.0 Å². The lowest BCUT2D eigenvalue weighted by Gasteiger charge is -2.12. The van der Waals surface area contributed by atoms with Gasteiger partial charge in [0.2, 0.25) is 0 Å². The maximum absolute atomic E-state index is 10.9. The Morgan fingerprint density at radius 1 is 1.29 bits per heavy atom. The molecule has 0 aliphatic heterocycles. The molecule has 1 unspecified atom stereocenters. The molecule has 0 aliphatic carbocycles. The molecular formula is C15H18N2O4. The predicted octanol–water partition coefficient (Wildman–Crippen LogP) is 2.12. The summed E-state index contributed by atoms with van der Waals surface area (Å²) in [6, 6.07) is 6.98. The van der Waals surface area contributed by atoms with Crippen molar-refractivity contribution in [2.75, 3.05) is 0 Å². The van der Waals surface area contributed by atoms with Gasteiger partial charge in [0.1, 0.15) is 23.9 Å². The Hall–Kier alpha value is -2.50. The molecule has 0 bridgehead atoms. The number of hydrogen-bond donors (Lipinski definition) is 1. The smallest absolute Gasteiger partial charge is 0.258 e. The van der Waals surface area contributed by atoms with Crippen LogP contribution in [0.5, 0.6) is 11.5 Å². The monoisotopic (exact) mass is 290 g/mol. The summed E-state index contributed by atoms with van der Waals surface area (Å²) < 4.78 is 16.1. The van der Waals surface area contributed by atoms with E-state index in [9.17, 15) is 4.79 Å². The van der Waals surface area contributed by atoms with Crippen molar-refractivity contribution < 1.29 is 18.8 Å². The fraction of sp³-hybridized carbons (Fsp3) is 0.333. The fourth-order valence-corrected chi connectivity index (χ4v) is 1.74. The Balaban J connectivity index is 1.95. The zero-order valence-corrected chi connectivity index (χ0v) is 12.3. The van der Waals surface area contributed by atoms with E-state index in [1.165, 1.54) is 0 Å². The number of carbonyl (C=O) groups is 1. The average Bonchev–Trinajstić information content (AvgIpc) is 2.77. The lowest BCUT2D eigenvalue weighted by atomic mass is 10.2. The van der Waals surface area contributed by atoms with Crippen LogP contribution in [0, 0.1) is 13.8 Å². The van der Waals surface area contributed by atoms with Crippen molar-refractivity contribution >= 4 is 5.91 Å². The molecule has 1 aromatic heterocycles. The van der Waals surface area contributed by atoms with Gasteiger partial charge >= 0.3 is 0 Å². The summed E-state index contributed by atoms with van der Waals surface area (Å²) in [7, 11) is 0. The third kappa shape index (κ3) is 3.75. The molecule has 21 heavy (non-hydrogen) atoms. The van der Waals surface area contributed by atoms with Crippen LogP contribution in [0.1, 0.15) is 23.9 Å². The number of benzene rings is 1. The molecule has 0 saturated carbocycles. The highest BCUT2D eigenvalue weighted by Gasteiger charge is 2.11. The molecule has 6 nitrogen and oxygen atoms in total. The molecule has 0 spiro atoms. The van der Waals surface area contributed by atoms with E-state index in [2.05, 4.69) is 5.16 Å². The second-order valence-corrected chi connectivity index (χ2v) is 4.73. The number of aromatic nitrogens is 1. The number of nitrogens with two attached hydrogens (primary N) is 1. The van der Waals surface area contributed by atoms with E-state index in [0.29, 0.717) is 18.1 Å². The Labute approximate surface area is 122 Å². The number of amides is 1. The minimum atomic E-state index is -0.668. The summed E-state index contributed by atoms with van der Waals surface area (Å²) in [5.74, 6) is 1.50. The minimum Gasteiger partial charge on any atom is -0.489 e. The molecule has 1 aromatic carbocycles. The van der Waals surface area contributed by atoms with E-state index in [-0.39, 0.29) is 0 Å². The molecule has 6 heteroatoms. The molecule has 112 valence electrons. The van der Waals surface area contributed by atoms with Crippen LogP contribution in [0.25, 0.3) is 0 Å². The average molecular weight is 290 g/mol. The number of rotatable bonds is 6. The van der Waals surface area contributed by atoms with E-state index in [4.69, 9.17) is 19.7 Å². The number of aryl methyl sites for hydroxylation is 2. The van der Waals surface area contributed by atoms with Crippen LogP contribution >= 0.6 is 0 Å². The first-order chi connectivity index (χ1) is 9.97. The van der Waals surface area contributed by atoms with Crippen LogP contribution < -0.4 is 15.2 Å². The summed E-state index contributed by atoms with van der Waals surface area (Å²) >= 11 is 0. The van der Waals surface area contributed by atoms with Gasteiger partial charge in [-0.15, -0.1) is 0 Å². The first kappa shape index (κ1) is 14.9. The first-order valence-electron chi connectivity index (χ1n) is 6.58. The van der Waals surface area contributed by atoms with Crippen molar-refractivity contribution in [1.29, 1.82) is 0 Å². The van der Waals surface area contributed by atoms with Crippen molar-refractivity contribution in [2.45, 2.75) is 33.5 Å². The highest BCUT2D eigenvalue weighted by Crippen LogP contribution is 2.21. The highest BCUT2D eigenvalue weighted by molar-refractivity contribution is 5.78. The van der Waals surface area contributed by atoms with Crippen molar-refractivity contribution in [2.24, 2.45) is 5.73 Å². The van der Waals surface area contributed by atoms with Crippen LogP contribution in [-0.2, 0) is 11.4 Å². The largest absolute Gasteiger partial charge is 0.489 e. The molecule has 1 atom stereocenters. The zero-order chi connectivity index (χ0) is 15.4. The van der Waals surface area contributed by atoms with Crippen molar-refractivity contribution in [3.8, 4) is 11.5 Å². The molecule has 2 N–H and O–H groups in total. The quantitative estimate of drug-likeness (QED) is 0.880. The molecule has 1 heterocycles. The molecular weight excluding hydrogens is 272 g/mol. The first-order valence-corrected chi connectivity index (χ1v) is 6.58. The van der Waals surface area contributed by atoms with Gasteiger partial charge in [-0.1, -0.05) is 5.16 Å². The van der Waals surface area contributed by atoms with Crippen LogP contribution in [0.4, 0.5) is 0 Å². The number of carbonyl (C=O) groups excluding carboxylic acids is 1. The number of hydrogen-bond acceptors (Lipinski definition) is 5. The zero-order valence-electron chi connectivity index (χ0n) is 12.3. The Morgan fingerprint density at radius 3 is 2.43 bits per heavy atom. The SMILES string of the molecule is Cc1noc(C)c1COc1ccc(OC(C)C(N)=O)cc1. The Morgan fingerprint density at radius 2 is 1.90 bits per heavy atom. The van der Waals surface area contributed by atoms with E-state index in [1.807, 2.05) is 13.8 Å². The van der Waals surface area contributed by atoms with Gasteiger partial charge in [-0.2, -0.15) is 0 Å². The van der Waals surface area contributed by atoms with Gasteiger partial charge in [-0.3, -0.25) is 4.79 Å². The fourth-order valence-electron chi connectivity index (χ4n) is 1.74. The lowest BCUT2D eigenvalue weighted by Crippen LogP contribution is -2.30. The Bertz CT molecular complexity index is 600. The summed E-state index contributed by atoms with van der Waals surface area (Å²) in [5.41, 5.74) is 6.90. The minimum absolute atomic E-state index is 0.388. The number of ether oxygens (including phenoxy) is 2.